The number of rotatable bonds is 3. The van der Waals surface area contributed by atoms with Crippen molar-refractivity contribution in [3.05, 3.63) is 29.8 Å². The zero-order chi connectivity index (χ0) is 11.5. The maximum Gasteiger partial charge on any atom is 0.314 e. The van der Waals surface area contributed by atoms with Crippen LogP contribution in [0.2, 0.25) is 0 Å². The van der Waals surface area contributed by atoms with E-state index in [9.17, 15) is 0 Å². The fourth-order valence-corrected chi connectivity index (χ4v) is 1.79. The first kappa shape index (κ1) is 11.1. The molecule has 1 heterocycles. The molecule has 0 atom stereocenters. The lowest BCUT2D eigenvalue weighted by Gasteiger charge is -1.97. The van der Waals surface area contributed by atoms with Crippen LogP contribution >= 0.6 is 15.9 Å². The molecule has 0 unspecified atom stereocenters. The molecule has 0 fully saturated rings. The van der Waals surface area contributed by atoms with E-state index < -0.39 is 0 Å². The molecule has 0 radical (unpaired) electrons. The zero-order valence-corrected chi connectivity index (χ0v) is 10.7. The molecule has 0 spiro atoms. The van der Waals surface area contributed by atoms with Gasteiger partial charge >= 0.3 is 6.01 Å². The van der Waals surface area contributed by atoms with E-state index in [1.54, 1.807) is 11.8 Å². The molecular weight excluding hydrogens is 270 g/mol. The van der Waals surface area contributed by atoms with Gasteiger partial charge in [-0.05, 0) is 5.56 Å². The van der Waals surface area contributed by atoms with E-state index in [4.69, 9.17) is 4.74 Å². The molecule has 16 heavy (non-hydrogen) atoms. The molecule has 1 aromatic carbocycles. The number of methoxy groups -OCH3 is 1. The Kier molecular flexibility index (Phi) is 3.24. The predicted molar refractivity (Wildman–Crippen MR) is 65.6 cm³/mol. The second kappa shape index (κ2) is 4.65. The number of hydrogen-bond acceptors (Lipinski definition) is 3. The van der Waals surface area contributed by atoms with Gasteiger partial charge in [0.1, 0.15) is 0 Å². The van der Waals surface area contributed by atoms with Gasteiger partial charge in [-0.2, -0.15) is 4.98 Å². The van der Waals surface area contributed by atoms with E-state index in [2.05, 4.69) is 26.0 Å². The Hall–Kier alpha value is -1.36. The smallest absolute Gasteiger partial charge is 0.314 e. The number of benzene rings is 1. The van der Waals surface area contributed by atoms with Crippen molar-refractivity contribution in [1.29, 1.82) is 0 Å². The summed E-state index contributed by atoms with van der Waals surface area (Å²) in [6, 6.07) is 8.62. The Balaban J connectivity index is 2.34. The monoisotopic (exact) mass is 281 g/mol. The molecule has 0 aliphatic heterocycles. The van der Waals surface area contributed by atoms with Gasteiger partial charge in [-0.1, -0.05) is 40.2 Å². The number of aryl methyl sites for hydroxylation is 1. The van der Waals surface area contributed by atoms with Crippen molar-refractivity contribution in [2.45, 2.75) is 5.33 Å². The van der Waals surface area contributed by atoms with E-state index in [1.807, 2.05) is 31.3 Å². The SMILES string of the molecule is COc1nc(-c2ccc(CBr)cc2)nn1C. The number of nitrogens with zero attached hydrogens (tertiary/aromatic N) is 3. The van der Waals surface area contributed by atoms with E-state index in [1.165, 1.54) is 5.56 Å². The molecule has 0 aliphatic carbocycles. The van der Waals surface area contributed by atoms with Gasteiger partial charge in [0, 0.05) is 17.9 Å². The molecule has 2 aromatic rings. The lowest BCUT2D eigenvalue weighted by Crippen LogP contribution is -1.95. The van der Waals surface area contributed by atoms with Gasteiger partial charge in [0.15, 0.2) is 5.82 Å². The lowest BCUT2D eigenvalue weighted by molar-refractivity contribution is 0.359. The minimum absolute atomic E-state index is 0.513. The minimum Gasteiger partial charge on any atom is -0.467 e. The number of aromatic nitrogens is 3. The average molecular weight is 282 g/mol. The highest BCUT2D eigenvalue weighted by Gasteiger charge is 2.08. The summed E-state index contributed by atoms with van der Waals surface area (Å²) in [5.74, 6) is 0.681. The summed E-state index contributed by atoms with van der Waals surface area (Å²) < 4.78 is 6.69. The molecule has 5 heteroatoms. The summed E-state index contributed by atoms with van der Waals surface area (Å²) in [6.45, 7) is 0. The molecule has 4 nitrogen and oxygen atoms in total. The summed E-state index contributed by atoms with van der Waals surface area (Å²) in [5.41, 5.74) is 2.22. The first-order valence-corrected chi connectivity index (χ1v) is 5.97. The Bertz CT molecular complexity index is 478. The standard InChI is InChI=1S/C11H12BrN3O/c1-15-11(16-2)13-10(14-15)9-5-3-8(7-12)4-6-9/h3-6H,7H2,1-2H3. The van der Waals surface area contributed by atoms with Crippen LogP contribution in [0.25, 0.3) is 11.4 Å². The molecular formula is C11H12BrN3O. The molecule has 0 bridgehead atoms. The van der Waals surface area contributed by atoms with Crippen LogP contribution in [-0.2, 0) is 12.4 Å². The molecule has 0 saturated heterocycles. The number of hydrogen-bond donors (Lipinski definition) is 0. The lowest BCUT2D eigenvalue weighted by atomic mass is 10.1. The van der Waals surface area contributed by atoms with Crippen molar-refractivity contribution in [1.82, 2.24) is 14.8 Å². The van der Waals surface area contributed by atoms with Crippen LogP contribution in [0.4, 0.5) is 0 Å². The summed E-state index contributed by atoms with van der Waals surface area (Å²) in [7, 11) is 3.39. The zero-order valence-electron chi connectivity index (χ0n) is 9.14. The highest BCUT2D eigenvalue weighted by Crippen LogP contribution is 2.19. The van der Waals surface area contributed by atoms with E-state index in [0.717, 1.165) is 10.9 Å². The summed E-state index contributed by atoms with van der Waals surface area (Å²) >= 11 is 3.41. The summed E-state index contributed by atoms with van der Waals surface area (Å²) in [5, 5.41) is 5.13. The van der Waals surface area contributed by atoms with Gasteiger partial charge in [-0.25, -0.2) is 4.68 Å². The Morgan fingerprint density at radius 1 is 1.31 bits per heavy atom. The van der Waals surface area contributed by atoms with Crippen molar-refractivity contribution >= 4 is 15.9 Å². The quantitative estimate of drug-likeness (QED) is 0.811. The second-order valence-electron chi connectivity index (χ2n) is 3.38. The van der Waals surface area contributed by atoms with E-state index >= 15 is 0 Å². The largest absolute Gasteiger partial charge is 0.467 e. The number of alkyl halides is 1. The summed E-state index contributed by atoms with van der Waals surface area (Å²) in [6.07, 6.45) is 0. The molecule has 2 rings (SSSR count). The van der Waals surface area contributed by atoms with Crippen LogP contribution in [0.1, 0.15) is 5.56 Å². The van der Waals surface area contributed by atoms with Crippen molar-refractivity contribution in [3.8, 4) is 17.4 Å². The average Bonchev–Trinajstić information content (AvgIpc) is 2.71. The third kappa shape index (κ3) is 2.09. The van der Waals surface area contributed by atoms with Gasteiger partial charge in [-0.3, -0.25) is 0 Å². The third-order valence-electron chi connectivity index (χ3n) is 2.27. The predicted octanol–water partition coefficient (Wildman–Crippen LogP) is 2.39. The fourth-order valence-electron chi connectivity index (χ4n) is 1.41. The van der Waals surface area contributed by atoms with Crippen molar-refractivity contribution in [2.75, 3.05) is 7.11 Å². The van der Waals surface area contributed by atoms with Gasteiger partial charge < -0.3 is 4.74 Å². The maximum atomic E-state index is 5.07. The summed E-state index contributed by atoms with van der Waals surface area (Å²) in [4.78, 5) is 4.27. The van der Waals surface area contributed by atoms with Crippen LogP contribution in [0.15, 0.2) is 24.3 Å². The van der Waals surface area contributed by atoms with Gasteiger partial charge in [0.2, 0.25) is 0 Å². The molecule has 84 valence electrons. The van der Waals surface area contributed by atoms with Gasteiger partial charge in [0.05, 0.1) is 7.11 Å². The Morgan fingerprint density at radius 2 is 2.00 bits per heavy atom. The topological polar surface area (TPSA) is 39.9 Å². The maximum absolute atomic E-state index is 5.07. The fraction of sp³-hybridized carbons (Fsp3) is 0.273. The van der Waals surface area contributed by atoms with Gasteiger partial charge in [-0.15, -0.1) is 5.10 Å². The molecule has 0 saturated carbocycles. The molecule has 0 amide bonds. The van der Waals surface area contributed by atoms with Crippen LogP contribution in [0.5, 0.6) is 6.01 Å². The highest BCUT2D eigenvalue weighted by molar-refractivity contribution is 9.08. The van der Waals surface area contributed by atoms with Crippen LogP contribution in [0.3, 0.4) is 0 Å². The van der Waals surface area contributed by atoms with E-state index in [-0.39, 0.29) is 0 Å². The molecule has 1 aromatic heterocycles. The van der Waals surface area contributed by atoms with Crippen LogP contribution in [0, 0.1) is 0 Å². The highest BCUT2D eigenvalue weighted by atomic mass is 79.9. The Labute approximate surface area is 102 Å². The molecule has 0 N–H and O–H groups in total. The van der Waals surface area contributed by atoms with Crippen molar-refractivity contribution < 1.29 is 4.74 Å². The number of ether oxygens (including phenoxy) is 1. The van der Waals surface area contributed by atoms with Crippen molar-refractivity contribution in [3.63, 3.8) is 0 Å². The Morgan fingerprint density at radius 3 is 2.50 bits per heavy atom. The van der Waals surface area contributed by atoms with E-state index in [0.29, 0.717) is 11.8 Å². The molecule has 0 aliphatic rings. The van der Waals surface area contributed by atoms with Crippen LogP contribution in [-0.4, -0.2) is 21.9 Å². The minimum atomic E-state index is 0.513. The number of halogens is 1. The first-order chi connectivity index (χ1) is 7.74. The van der Waals surface area contributed by atoms with Gasteiger partial charge in [0.25, 0.3) is 0 Å². The first-order valence-electron chi connectivity index (χ1n) is 4.85. The van der Waals surface area contributed by atoms with Crippen molar-refractivity contribution in [2.24, 2.45) is 7.05 Å². The third-order valence-corrected chi connectivity index (χ3v) is 2.92. The normalized spacial score (nSPS) is 10.4. The van der Waals surface area contributed by atoms with Crippen LogP contribution < -0.4 is 4.74 Å². The second-order valence-corrected chi connectivity index (χ2v) is 3.94.